The lowest BCUT2D eigenvalue weighted by atomic mass is 10.1. The van der Waals surface area contributed by atoms with Crippen LogP contribution in [0.1, 0.15) is 46.8 Å². The SMILES string of the molecule is Cc1ccc(-c2nc(N3CCOC(c4cnn(C5CC5)c4)C3)nc3nc(C)c(C)nc23)s1. The minimum absolute atomic E-state index is 0.0474. The Morgan fingerprint density at radius 1 is 1.03 bits per heavy atom. The standard InChI is InChI=1S/C23H25N7OS/c1-13-4-7-19(32-13)20-21-22(26-15(3)14(2)25-21)28-23(27-20)29-8-9-31-18(12-29)16-10-24-30(11-16)17-5-6-17/h4,7,10-11,17-18H,5-6,8-9,12H2,1-3H3. The maximum atomic E-state index is 6.09. The zero-order valence-electron chi connectivity index (χ0n) is 18.4. The van der Waals surface area contributed by atoms with Crippen LogP contribution in [0.3, 0.4) is 0 Å². The van der Waals surface area contributed by atoms with E-state index in [1.807, 2.05) is 20.0 Å². The lowest BCUT2D eigenvalue weighted by Gasteiger charge is -2.32. The number of hydrogen-bond donors (Lipinski definition) is 0. The first-order valence-corrected chi connectivity index (χ1v) is 11.9. The third kappa shape index (κ3) is 3.55. The van der Waals surface area contributed by atoms with Gasteiger partial charge in [0, 0.05) is 23.2 Å². The van der Waals surface area contributed by atoms with E-state index in [1.165, 1.54) is 17.7 Å². The van der Waals surface area contributed by atoms with Gasteiger partial charge in [-0.15, -0.1) is 11.3 Å². The molecule has 1 aliphatic heterocycles. The van der Waals surface area contributed by atoms with Crippen LogP contribution < -0.4 is 4.90 Å². The van der Waals surface area contributed by atoms with Crippen molar-refractivity contribution in [3.05, 3.63) is 46.4 Å². The minimum Gasteiger partial charge on any atom is -0.370 e. The summed E-state index contributed by atoms with van der Waals surface area (Å²) in [4.78, 5) is 23.9. The van der Waals surface area contributed by atoms with Gasteiger partial charge in [-0.25, -0.2) is 15.0 Å². The highest BCUT2D eigenvalue weighted by Gasteiger charge is 2.29. The molecule has 1 unspecified atom stereocenters. The first kappa shape index (κ1) is 19.8. The fourth-order valence-corrected chi connectivity index (χ4v) is 4.92. The van der Waals surface area contributed by atoms with Crippen LogP contribution in [0.4, 0.5) is 5.95 Å². The van der Waals surface area contributed by atoms with Crippen LogP contribution in [0.2, 0.25) is 0 Å². The number of thiophene rings is 1. The van der Waals surface area contributed by atoms with Gasteiger partial charge >= 0.3 is 0 Å². The van der Waals surface area contributed by atoms with Crippen LogP contribution in [0.5, 0.6) is 0 Å². The summed E-state index contributed by atoms with van der Waals surface area (Å²) in [6.45, 7) is 8.10. The van der Waals surface area contributed by atoms with Gasteiger partial charge in [-0.2, -0.15) is 10.1 Å². The van der Waals surface area contributed by atoms with Crippen molar-refractivity contribution in [1.82, 2.24) is 29.7 Å². The van der Waals surface area contributed by atoms with E-state index >= 15 is 0 Å². The summed E-state index contributed by atoms with van der Waals surface area (Å²) >= 11 is 1.72. The highest BCUT2D eigenvalue weighted by atomic mass is 32.1. The molecule has 4 aromatic heterocycles. The van der Waals surface area contributed by atoms with E-state index in [-0.39, 0.29) is 6.10 Å². The minimum atomic E-state index is -0.0474. The van der Waals surface area contributed by atoms with Gasteiger partial charge in [-0.05, 0) is 45.7 Å². The quantitative estimate of drug-likeness (QED) is 0.464. The zero-order valence-corrected chi connectivity index (χ0v) is 19.3. The number of ether oxygens (including phenoxy) is 1. The molecule has 1 saturated carbocycles. The first-order valence-electron chi connectivity index (χ1n) is 11.1. The molecule has 8 nitrogen and oxygen atoms in total. The van der Waals surface area contributed by atoms with Crippen molar-refractivity contribution in [3.63, 3.8) is 0 Å². The second kappa shape index (κ2) is 7.60. The number of hydrogen-bond acceptors (Lipinski definition) is 8. The zero-order chi connectivity index (χ0) is 21.8. The van der Waals surface area contributed by atoms with E-state index in [4.69, 9.17) is 24.7 Å². The van der Waals surface area contributed by atoms with Gasteiger partial charge in [0.15, 0.2) is 5.65 Å². The van der Waals surface area contributed by atoms with Crippen LogP contribution in [0.25, 0.3) is 21.7 Å². The highest BCUT2D eigenvalue weighted by molar-refractivity contribution is 7.15. The third-order valence-electron chi connectivity index (χ3n) is 6.17. The fraction of sp³-hybridized carbons (Fsp3) is 0.435. The number of rotatable bonds is 4. The Morgan fingerprint density at radius 2 is 1.88 bits per heavy atom. The molecule has 2 aliphatic rings. The molecule has 0 spiro atoms. The molecule has 32 heavy (non-hydrogen) atoms. The number of morpholine rings is 1. The normalized spacial score (nSPS) is 19.1. The smallest absolute Gasteiger partial charge is 0.228 e. The molecule has 0 bridgehead atoms. The second-order valence-corrected chi connectivity index (χ2v) is 9.93. The van der Waals surface area contributed by atoms with Gasteiger partial charge in [-0.3, -0.25) is 4.68 Å². The molecule has 164 valence electrons. The molecule has 2 fully saturated rings. The number of aryl methyl sites for hydroxylation is 3. The van der Waals surface area contributed by atoms with Crippen molar-refractivity contribution in [2.24, 2.45) is 0 Å². The van der Waals surface area contributed by atoms with Gasteiger partial charge in [-0.1, -0.05) is 0 Å². The van der Waals surface area contributed by atoms with Crippen molar-refractivity contribution in [1.29, 1.82) is 0 Å². The van der Waals surface area contributed by atoms with Crippen molar-refractivity contribution in [2.45, 2.75) is 45.8 Å². The Morgan fingerprint density at radius 3 is 2.66 bits per heavy atom. The van der Waals surface area contributed by atoms with Crippen LogP contribution in [-0.4, -0.2) is 49.4 Å². The van der Waals surface area contributed by atoms with Gasteiger partial charge < -0.3 is 9.64 Å². The lowest BCUT2D eigenvalue weighted by molar-refractivity contribution is 0.0392. The van der Waals surface area contributed by atoms with Crippen molar-refractivity contribution in [3.8, 4) is 10.6 Å². The molecular weight excluding hydrogens is 422 g/mol. The largest absolute Gasteiger partial charge is 0.370 e. The first-order chi connectivity index (χ1) is 15.5. The molecule has 0 radical (unpaired) electrons. The summed E-state index contributed by atoms with van der Waals surface area (Å²) in [7, 11) is 0. The third-order valence-corrected chi connectivity index (χ3v) is 7.18. The summed E-state index contributed by atoms with van der Waals surface area (Å²) < 4.78 is 8.16. The maximum absolute atomic E-state index is 6.09. The van der Waals surface area contributed by atoms with E-state index in [0.717, 1.165) is 39.6 Å². The molecular formula is C23H25N7OS. The van der Waals surface area contributed by atoms with Crippen LogP contribution in [-0.2, 0) is 4.74 Å². The Bertz CT molecular complexity index is 1310. The molecule has 9 heteroatoms. The van der Waals surface area contributed by atoms with Gasteiger partial charge in [0.25, 0.3) is 0 Å². The van der Waals surface area contributed by atoms with E-state index in [2.05, 4.69) is 39.9 Å². The molecule has 5 heterocycles. The van der Waals surface area contributed by atoms with Gasteiger partial charge in [0.2, 0.25) is 5.95 Å². The van der Waals surface area contributed by atoms with Gasteiger partial charge in [0.05, 0.1) is 41.7 Å². The molecule has 0 N–H and O–H groups in total. The summed E-state index contributed by atoms with van der Waals surface area (Å²) in [5, 5.41) is 4.54. The Balaban J connectivity index is 1.39. The summed E-state index contributed by atoms with van der Waals surface area (Å²) in [6, 6.07) is 4.79. The molecule has 1 aliphatic carbocycles. The maximum Gasteiger partial charge on any atom is 0.228 e. The average molecular weight is 448 g/mol. The number of fused-ring (bicyclic) bond motifs is 1. The Hall–Kier alpha value is -2.91. The van der Waals surface area contributed by atoms with Crippen LogP contribution >= 0.6 is 11.3 Å². The summed E-state index contributed by atoms with van der Waals surface area (Å²) in [5.41, 5.74) is 5.16. The molecule has 4 aromatic rings. The van der Waals surface area contributed by atoms with Crippen molar-refractivity contribution < 1.29 is 4.74 Å². The molecule has 6 rings (SSSR count). The average Bonchev–Trinajstić information content (AvgIpc) is 3.36. The predicted octanol–water partition coefficient (Wildman–Crippen LogP) is 4.18. The summed E-state index contributed by atoms with van der Waals surface area (Å²) in [5.74, 6) is 0.680. The topological polar surface area (TPSA) is 81.9 Å². The number of aromatic nitrogens is 6. The fourth-order valence-electron chi connectivity index (χ4n) is 4.07. The van der Waals surface area contributed by atoms with Crippen LogP contribution in [0.15, 0.2) is 24.5 Å². The molecule has 1 atom stereocenters. The Labute approximate surface area is 190 Å². The molecule has 0 amide bonds. The monoisotopic (exact) mass is 447 g/mol. The van der Waals surface area contributed by atoms with E-state index < -0.39 is 0 Å². The highest BCUT2D eigenvalue weighted by Crippen LogP contribution is 2.36. The van der Waals surface area contributed by atoms with Crippen LogP contribution in [0, 0.1) is 20.8 Å². The predicted molar refractivity (Wildman–Crippen MR) is 124 cm³/mol. The molecule has 1 saturated heterocycles. The van der Waals surface area contributed by atoms with Crippen molar-refractivity contribution >= 4 is 28.4 Å². The second-order valence-electron chi connectivity index (χ2n) is 8.64. The Kier molecular flexibility index (Phi) is 4.69. The van der Waals surface area contributed by atoms with E-state index in [1.54, 1.807) is 11.3 Å². The van der Waals surface area contributed by atoms with E-state index in [9.17, 15) is 0 Å². The summed E-state index contributed by atoms with van der Waals surface area (Å²) in [6.07, 6.45) is 6.45. The van der Waals surface area contributed by atoms with Crippen molar-refractivity contribution in [2.75, 3.05) is 24.6 Å². The van der Waals surface area contributed by atoms with Gasteiger partial charge in [0.1, 0.15) is 17.3 Å². The number of nitrogens with zero attached hydrogens (tertiary/aromatic N) is 7. The van der Waals surface area contributed by atoms with E-state index in [0.29, 0.717) is 30.8 Å². The molecule has 0 aromatic carbocycles. The number of anilines is 1. The lowest BCUT2D eigenvalue weighted by Crippen LogP contribution is -2.39.